The molecule has 2 saturated carbocycles. The van der Waals surface area contributed by atoms with Crippen molar-refractivity contribution in [3.8, 4) is 0 Å². The molecule has 0 radical (unpaired) electrons. The summed E-state index contributed by atoms with van der Waals surface area (Å²) in [5.74, 6) is 3.02. The van der Waals surface area contributed by atoms with Crippen LogP contribution in [-0.2, 0) is 0 Å². The van der Waals surface area contributed by atoms with E-state index in [-0.39, 0.29) is 0 Å². The van der Waals surface area contributed by atoms with Gasteiger partial charge < -0.3 is 0 Å². The van der Waals surface area contributed by atoms with Crippen molar-refractivity contribution in [3.63, 3.8) is 0 Å². The highest BCUT2D eigenvalue weighted by atomic mass is 15.4. The number of rotatable bonds is 1. The van der Waals surface area contributed by atoms with Gasteiger partial charge in [-0.15, -0.1) is 0 Å². The Kier molecular flexibility index (Phi) is 2.26. The van der Waals surface area contributed by atoms with Crippen LogP contribution in [0.4, 0.5) is 0 Å². The van der Waals surface area contributed by atoms with Crippen LogP contribution in [-0.4, -0.2) is 47.6 Å². The van der Waals surface area contributed by atoms with Crippen molar-refractivity contribution < 1.29 is 0 Å². The molecule has 20 heavy (non-hydrogen) atoms. The van der Waals surface area contributed by atoms with Crippen LogP contribution >= 0.6 is 0 Å². The summed E-state index contributed by atoms with van der Waals surface area (Å²) in [6.07, 6.45) is 9.03. The molecule has 0 aromatic heterocycles. The lowest BCUT2D eigenvalue weighted by molar-refractivity contribution is -0.0493. The van der Waals surface area contributed by atoms with Gasteiger partial charge >= 0.3 is 0 Å². The number of fused-ring (bicyclic) bond motifs is 3. The van der Waals surface area contributed by atoms with Gasteiger partial charge in [0, 0.05) is 24.2 Å². The predicted octanol–water partition coefficient (Wildman–Crippen LogP) is 2.98. The number of likely N-dealkylation sites (N-methyl/N-ethyl adjacent to an activating group) is 1. The maximum atomic E-state index is 2.89. The molecule has 6 rings (SSSR count). The third kappa shape index (κ3) is 1.30. The second-order valence-electron chi connectivity index (χ2n) is 9.20. The quantitative estimate of drug-likeness (QED) is 0.678. The molecule has 2 heteroatoms. The van der Waals surface area contributed by atoms with Crippen LogP contribution in [0.15, 0.2) is 0 Å². The first-order valence-electron chi connectivity index (χ1n) is 9.01. The standard InChI is InChI=1S/C18H30N2/c1-12-10-20-7-6-13(12)8-16(20)17(2)9-14-4-5-15-18(14,11-17)19(15)3/h12-16H,4-11H2,1-3H3/t12-,13?,14?,15?,16?,17-,18?,19?/m1/s1. The topological polar surface area (TPSA) is 6.25 Å². The molecule has 9 atom stereocenters. The molecule has 4 saturated heterocycles. The van der Waals surface area contributed by atoms with Crippen molar-refractivity contribution in [3.05, 3.63) is 0 Å². The zero-order valence-corrected chi connectivity index (χ0v) is 13.4. The first-order chi connectivity index (χ1) is 9.54. The van der Waals surface area contributed by atoms with Crippen molar-refractivity contribution in [1.29, 1.82) is 0 Å². The largest absolute Gasteiger partial charge is 0.300 e. The van der Waals surface area contributed by atoms with Crippen LogP contribution in [0.2, 0.25) is 0 Å². The molecule has 2 aliphatic carbocycles. The van der Waals surface area contributed by atoms with Gasteiger partial charge in [-0.2, -0.15) is 0 Å². The Balaban J connectivity index is 1.42. The minimum atomic E-state index is 0.618. The van der Waals surface area contributed by atoms with Crippen molar-refractivity contribution in [2.75, 3.05) is 20.1 Å². The number of nitrogens with zero attached hydrogens (tertiary/aromatic N) is 2. The third-order valence-electron chi connectivity index (χ3n) is 8.41. The summed E-state index contributed by atoms with van der Waals surface area (Å²) in [6.45, 7) is 7.93. The molecular formula is C18H30N2. The lowest BCUT2D eigenvalue weighted by atomic mass is 9.66. The summed E-state index contributed by atoms with van der Waals surface area (Å²) >= 11 is 0. The smallest absolute Gasteiger partial charge is 0.0399 e. The third-order valence-corrected chi connectivity index (χ3v) is 8.41. The number of likely N-dealkylation sites (tertiary alicyclic amines) is 1. The van der Waals surface area contributed by atoms with Gasteiger partial charge in [0.05, 0.1) is 0 Å². The fourth-order valence-corrected chi connectivity index (χ4v) is 7.40. The molecular weight excluding hydrogens is 244 g/mol. The molecule has 2 nitrogen and oxygen atoms in total. The molecule has 2 bridgehead atoms. The van der Waals surface area contributed by atoms with Gasteiger partial charge in [-0.1, -0.05) is 13.8 Å². The molecule has 112 valence electrons. The molecule has 0 aromatic rings. The molecule has 7 unspecified atom stereocenters. The number of hydrogen-bond acceptors (Lipinski definition) is 2. The van der Waals surface area contributed by atoms with E-state index in [2.05, 4.69) is 30.7 Å². The Morgan fingerprint density at radius 2 is 1.95 bits per heavy atom. The van der Waals surface area contributed by atoms with Crippen LogP contribution in [0.3, 0.4) is 0 Å². The molecule has 6 aliphatic rings. The first-order valence-corrected chi connectivity index (χ1v) is 9.01. The van der Waals surface area contributed by atoms with Gasteiger partial charge in [0.2, 0.25) is 0 Å². The van der Waals surface area contributed by atoms with Crippen molar-refractivity contribution in [2.24, 2.45) is 23.2 Å². The van der Waals surface area contributed by atoms with Gasteiger partial charge in [0.25, 0.3) is 0 Å². The fourth-order valence-electron chi connectivity index (χ4n) is 7.40. The van der Waals surface area contributed by atoms with Crippen molar-refractivity contribution in [2.45, 2.75) is 70.0 Å². The Labute approximate surface area is 123 Å². The second-order valence-corrected chi connectivity index (χ2v) is 9.20. The molecule has 1 spiro atoms. The van der Waals surface area contributed by atoms with Crippen LogP contribution in [0, 0.1) is 23.2 Å². The van der Waals surface area contributed by atoms with E-state index in [9.17, 15) is 0 Å². The zero-order valence-electron chi connectivity index (χ0n) is 13.4. The molecule has 0 aromatic carbocycles. The van der Waals surface area contributed by atoms with E-state index in [0.717, 1.165) is 29.8 Å². The van der Waals surface area contributed by atoms with Crippen LogP contribution in [0.5, 0.6) is 0 Å². The van der Waals surface area contributed by atoms with Gasteiger partial charge in [-0.3, -0.25) is 9.80 Å². The average Bonchev–Trinajstić information content (AvgIpc) is 2.73. The monoisotopic (exact) mass is 274 g/mol. The maximum absolute atomic E-state index is 2.89. The highest BCUT2D eigenvalue weighted by Crippen LogP contribution is 2.69. The normalized spacial score (nSPS) is 67.0. The molecule has 4 aliphatic heterocycles. The van der Waals surface area contributed by atoms with Crippen LogP contribution in [0.1, 0.15) is 52.4 Å². The summed E-state index contributed by atoms with van der Waals surface area (Å²) in [5, 5.41) is 0. The SMILES string of the molecule is C[C@@H]1CN2CCC1CC2[C@]1(C)CC2CCC3N(C)C23C1. The van der Waals surface area contributed by atoms with Gasteiger partial charge in [0.1, 0.15) is 0 Å². The first kappa shape index (κ1) is 12.5. The fraction of sp³-hybridized carbons (Fsp3) is 1.00. The highest BCUT2D eigenvalue weighted by Gasteiger charge is 2.73. The molecule has 0 N–H and O–H groups in total. The van der Waals surface area contributed by atoms with E-state index in [0.29, 0.717) is 11.0 Å². The Bertz CT molecular complexity index is 449. The van der Waals surface area contributed by atoms with E-state index in [4.69, 9.17) is 0 Å². The summed E-state index contributed by atoms with van der Waals surface area (Å²) < 4.78 is 0. The van der Waals surface area contributed by atoms with Gasteiger partial charge in [0.15, 0.2) is 0 Å². The Morgan fingerprint density at radius 3 is 2.55 bits per heavy atom. The molecule has 4 heterocycles. The van der Waals surface area contributed by atoms with Crippen LogP contribution in [0.25, 0.3) is 0 Å². The van der Waals surface area contributed by atoms with Crippen molar-refractivity contribution >= 4 is 0 Å². The maximum Gasteiger partial charge on any atom is 0.0399 e. The number of piperidine rings is 4. The Morgan fingerprint density at radius 1 is 1.10 bits per heavy atom. The van der Waals surface area contributed by atoms with Gasteiger partial charge in [-0.05, 0) is 75.3 Å². The average molecular weight is 274 g/mol. The lowest BCUT2D eigenvalue weighted by Gasteiger charge is -2.54. The minimum Gasteiger partial charge on any atom is -0.300 e. The van der Waals surface area contributed by atoms with E-state index in [1.165, 1.54) is 51.6 Å². The second kappa shape index (κ2) is 3.63. The van der Waals surface area contributed by atoms with Crippen molar-refractivity contribution in [1.82, 2.24) is 9.80 Å². The highest BCUT2D eigenvalue weighted by molar-refractivity contribution is 5.29. The summed E-state index contributed by atoms with van der Waals surface area (Å²) in [7, 11) is 2.40. The van der Waals surface area contributed by atoms with E-state index < -0.39 is 0 Å². The van der Waals surface area contributed by atoms with E-state index in [1.54, 1.807) is 0 Å². The van der Waals surface area contributed by atoms with Gasteiger partial charge in [-0.25, -0.2) is 0 Å². The summed E-state index contributed by atoms with van der Waals surface area (Å²) in [6, 6.07) is 1.87. The lowest BCUT2D eigenvalue weighted by Crippen LogP contribution is -2.58. The summed E-state index contributed by atoms with van der Waals surface area (Å²) in [5.41, 5.74) is 1.28. The predicted molar refractivity (Wildman–Crippen MR) is 81.6 cm³/mol. The van der Waals surface area contributed by atoms with E-state index in [1.807, 2.05) is 0 Å². The minimum absolute atomic E-state index is 0.618. The number of hydrogen-bond donors (Lipinski definition) is 0. The summed E-state index contributed by atoms with van der Waals surface area (Å²) in [4.78, 5) is 5.63. The molecule has 0 amide bonds. The van der Waals surface area contributed by atoms with Crippen LogP contribution < -0.4 is 0 Å². The van der Waals surface area contributed by atoms with E-state index >= 15 is 0 Å². The Hall–Kier alpha value is -0.0800. The zero-order chi connectivity index (χ0) is 13.7. The molecule has 6 fully saturated rings.